The van der Waals surface area contributed by atoms with Crippen LogP contribution in [0.3, 0.4) is 0 Å². The highest BCUT2D eigenvalue weighted by Gasteiger charge is 2.21. The Kier molecular flexibility index (Phi) is 4.18. The van der Waals surface area contributed by atoms with Crippen molar-refractivity contribution in [2.75, 3.05) is 6.61 Å². The first-order valence-corrected chi connectivity index (χ1v) is 6.13. The number of allylic oxidation sites excluding steroid dienone is 3. The number of amides is 1. The molecule has 2 rings (SSSR count). The number of benzene rings is 1. The Morgan fingerprint density at radius 3 is 3.06 bits per heavy atom. The van der Waals surface area contributed by atoms with Crippen LogP contribution in [-0.2, 0) is 4.79 Å². The lowest BCUT2D eigenvalue weighted by molar-refractivity contribution is -0.117. The molecular weight excluding hydrogens is 226 g/mol. The van der Waals surface area contributed by atoms with Crippen LogP contribution in [0.5, 0.6) is 5.75 Å². The van der Waals surface area contributed by atoms with E-state index in [-0.39, 0.29) is 11.9 Å². The fourth-order valence-corrected chi connectivity index (χ4v) is 1.97. The highest BCUT2D eigenvalue weighted by atomic mass is 16.5. The lowest BCUT2D eigenvalue weighted by atomic mass is 10.0. The van der Waals surface area contributed by atoms with Crippen LogP contribution in [0.15, 0.2) is 48.6 Å². The Hall–Kier alpha value is -2.03. The number of carbonyl (C=O) groups excluding carboxylic acids is 1. The second kappa shape index (κ2) is 6.05. The average molecular weight is 243 g/mol. The molecule has 1 aromatic carbocycles. The van der Waals surface area contributed by atoms with E-state index in [9.17, 15) is 4.79 Å². The first-order chi connectivity index (χ1) is 8.81. The van der Waals surface area contributed by atoms with E-state index in [2.05, 4.69) is 5.32 Å². The number of rotatable bonds is 3. The molecular formula is C15H17NO2. The van der Waals surface area contributed by atoms with Crippen LogP contribution in [0.25, 0.3) is 0 Å². The summed E-state index contributed by atoms with van der Waals surface area (Å²) < 4.78 is 5.55. The van der Waals surface area contributed by atoms with Crippen LogP contribution < -0.4 is 10.1 Å². The molecule has 3 nitrogen and oxygen atoms in total. The van der Waals surface area contributed by atoms with Crippen molar-refractivity contribution in [3.8, 4) is 5.75 Å². The van der Waals surface area contributed by atoms with Crippen LogP contribution in [0.1, 0.15) is 24.9 Å². The van der Waals surface area contributed by atoms with Gasteiger partial charge in [-0.25, -0.2) is 0 Å². The van der Waals surface area contributed by atoms with Crippen LogP contribution in [0.2, 0.25) is 0 Å². The largest absolute Gasteiger partial charge is 0.493 e. The maximum Gasteiger partial charge on any atom is 0.244 e. The van der Waals surface area contributed by atoms with Crippen LogP contribution >= 0.6 is 0 Å². The third-order valence-corrected chi connectivity index (χ3v) is 2.83. The van der Waals surface area contributed by atoms with Gasteiger partial charge in [-0.3, -0.25) is 4.79 Å². The number of ether oxygens (including phenoxy) is 1. The molecule has 0 saturated carbocycles. The smallest absolute Gasteiger partial charge is 0.244 e. The number of hydrogen-bond donors (Lipinski definition) is 1. The summed E-state index contributed by atoms with van der Waals surface area (Å²) in [6.07, 6.45) is 7.80. The molecule has 0 aromatic heterocycles. The van der Waals surface area contributed by atoms with Gasteiger partial charge in [0.15, 0.2) is 0 Å². The molecule has 0 fully saturated rings. The van der Waals surface area contributed by atoms with E-state index in [4.69, 9.17) is 4.74 Å². The molecule has 1 aliphatic heterocycles. The van der Waals surface area contributed by atoms with Gasteiger partial charge >= 0.3 is 0 Å². The molecule has 1 amide bonds. The van der Waals surface area contributed by atoms with Crippen molar-refractivity contribution < 1.29 is 9.53 Å². The molecule has 1 aromatic rings. The van der Waals surface area contributed by atoms with Gasteiger partial charge in [-0.15, -0.1) is 0 Å². The first kappa shape index (κ1) is 12.4. The summed E-state index contributed by atoms with van der Waals surface area (Å²) in [5.74, 6) is 0.793. The predicted octanol–water partition coefficient (Wildman–Crippen LogP) is 2.76. The van der Waals surface area contributed by atoms with Gasteiger partial charge in [-0.05, 0) is 13.0 Å². The standard InChI is InChI=1S/C15H17NO2/c1-2-3-4-9-15(17)16-13-10-11-18-14-8-6-5-7-12(13)14/h2-9,13H,10-11H2,1H3,(H,16,17). The molecule has 0 saturated heterocycles. The minimum Gasteiger partial charge on any atom is -0.493 e. The van der Waals surface area contributed by atoms with E-state index in [1.807, 2.05) is 43.3 Å². The van der Waals surface area contributed by atoms with Gasteiger partial charge < -0.3 is 10.1 Å². The van der Waals surface area contributed by atoms with Crippen molar-refractivity contribution in [1.29, 1.82) is 0 Å². The van der Waals surface area contributed by atoms with Crippen molar-refractivity contribution in [3.63, 3.8) is 0 Å². The van der Waals surface area contributed by atoms with Crippen LogP contribution in [-0.4, -0.2) is 12.5 Å². The molecule has 1 N–H and O–H groups in total. The Bertz CT molecular complexity index is 477. The van der Waals surface area contributed by atoms with Crippen LogP contribution in [0, 0.1) is 0 Å². The maximum atomic E-state index is 11.7. The number of hydrogen-bond acceptors (Lipinski definition) is 2. The van der Waals surface area contributed by atoms with E-state index < -0.39 is 0 Å². The summed E-state index contributed by atoms with van der Waals surface area (Å²) in [7, 11) is 0. The summed E-state index contributed by atoms with van der Waals surface area (Å²) >= 11 is 0. The summed E-state index contributed by atoms with van der Waals surface area (Å²) in [5, 5.41) is 2.99. The highest BCUT2D eigenvalue weighted by molar-refractivity contribution is 5.88. The topological polar surface area (TPSA) is 38.3 Å². The van der Waals surface area contributed by atoms with E-state index in [1.165, 1.54) is 6.08 Å². The number of fused-ring (bicyclic) bond motifs is 1. The SMILES string of the molecule is CC=CC=CC(=O)NC1CCOc2ccccc21. The third kappa shape index (κ3) is 3.00. The summed E-state index contributed by atoms with van der Waals surface area (Å²) in [6, 6.07) is 7.87. The molecule has 1 aliphatic rings. The highest BCUT2D eigenvalue weighted by Crippen LogP contribution is 2.31. The van der Waals surface area contributed by atoms with E-state index in [0.717, 1.165) is 17.7 Å². The molecule has 0 spiro atoms. The summed E-state index contributed by atoms with van der Waals surface area (Å²) in [6.45, 7) is 2.55. The van der Waals surface area contributed by atoms with Gasteiger partial charge in [0.05, 0.1) is 12.6 Å². The molecule has 0 bridgehead atoms. The van der Waals surface area contributed by atoms with Crippen molar-refractivity contribution in [3.05, 3.63) is 54.1 Å². The number of nitrogens with one attached hydrogen (secondary N) is 1. The summed E-state index contributed by atoms with van der Waals surface area (Å²) in [5.41, 5.74) is 1.05. The Balaban J connectivity index is 2.05. The van der Waals surface area contributed by atoms with E-state index >= 15 is 0 Å². The minimum absolute atomic E-state index is 0.0395. The van der Waals surface area contributed by atoms with Crippen molar-refractivity contribution in [1.82, 2.24) is 5.32 Å². The van der Waals surface area contributed by atoms with E-state index in [1.54, 1.807) is 6.08 Å². The van der Waals surface area contributed by atoms with Gasteiger partial charge in [-0.2, -0.15) is 0 Å². The quantitative estimate of drug-likeness (QED) is 0.655. The lowest BCUT2D eigenvalue weighted by Crippen LogP contribution is -2.30. The van der Waals surface area contributed by atoms with Gasteiger partial charge in [0.2, 0.25) is 5.91 Å². The Labute approximate surface area is 107 Å². The van der Waals surface area contributed by atoms with Gasteiger partial charge in [0, 0.05) is 18.1 Å². The number of carbonyl (C=O) groups is 1. The zero-order valence-electron chi connectivity index (χ0n) is 10.4. The fourth-order valence-electron chi connectivity index (χ4n) is 1.97. The monoisotopic (exact) mass is 243 g/mol. The van der Waals surface area contributed by atoms with E-state index in [0.29, 0.717) is 6.61 Å². The molecule has 1 heterocycles. The molecule has 0 radical (unpaired) electrons. The molecule has 18 heavy (non-hydrogen) atoms. The van der Waals surface area contributed by atoms with Crippen molar-refractivity contribution in [2.45, 2.75) is 19.4 Å². The van der Waals surface area contributed by atoms with Crippen molar-refractivity contribution in [2.24, 2.45) is 0 Å². The Morgan fingerprint density at radius 1 is 1.39 bits per heavy atom. The molecule has 3 heteroatoms. The predicted molar refractivity (Wildman–Crippen MR) is 71.4 cm³/mol. The summed E-state index contributed by atoms with van der Waals surface area (Å²) in [4.78, 5) is 11.7. The zero-order valence-corrected chi connectivity index (χ0v) is 10.4. The second-order valence-electron chi connectivity index (χ2n) is 4.12. The van der Waals surface area contributed by atoms with Gasteiger partial charge in [0.1, 0.15) is 5.75 Å². The second-order valence-corrected chi connectivity index (χ2v) is 4.12. The van der Waals surface area contributed by atoms with Gasteiger partial charge in [-0.1, -0.05) is 36.4 Å². The normalized spacial score (nSPS) is 18.6. The third-order valence-electron chi connectivity index (χ3n) is 2.83. The minimum atomic E-state index is -0.0743. The first-order valence-electron chi connectivity index (χ1n) is 6.13. The van der Waals surface area contributed by atoms with Crippen molar-refractivity contribution >= 4 is 5.91 Å². The lowest BCUT2D eigenvalue weighted by Gasteiger charge is -2.26. The number of para-hydroxylation sites is 1. The molecule has 0 aliphatic carbocycles. The zero-order chi connectivity index (χ0) is 12.8. The molecule has 1 atom stereocenters. The molecule has 1 unspecified atom stereocenters. The van der Waals surface area contributed by atoms with Crippen LogP contribution in [0.4, 0.5) is 0 Å². The maximum absolute atomic E-state index is 11.7. The molecule has 94 valence electrons. The Morgan fingerprint density at radius 2 is 2.22 bits per heavy atom. The van der Waals surface area contributed by atoms with Gasteiger partial charge in [0.25, 0.3) is 0 Å². The fraction of sp³-hybridized carbons (Fsp3) is 0.267. The average Bonchev–Trinajstić information content (AvgIpc) is 2.39.